The van der Waals surface area contributed by atoms with E-state index in [1.54, 1.807) is 6.08 Å². The summed E-state index contributed by atoms with van der Waals surface area (Å²) in [6.07, 6.45) is 10.4. The first-order valence-electron chi connectivity index (χ1n) is 13.5. The quantitative estimate of drug-likeness (QED) is 0.127. The molecule has 0 aliphatic heterocycles. The van der Waals surface area contributed by atoms with Gasteiger partial charge in [0.25, 0.3) is 0 Å². The van der Waals surface area contributed by atoms with Gasteiger partial charge >= 0.3 is 12.1 Å². The second-order valence-electron chi connectivity index (χ2n) is 9.89. The van der Waals surface area contributed by atoms with Crippen LogP contribution >= 0.6 is 0 Å². The highest BCUT2D eigenvalue weighted by atomic mass is 16.6. The van der Waals surface area contributed by atoms with Crippen molar-refractivity contribution in [3.63, 3.8) is 0 Å². The van der Waals surface area contributed by atoms with Gasteiger partial charge in [-0.25, -0.2) is 9.59 Å². The molecule has 0 aromatic carbocycles. The second-order valence-corrected chi connectivity index (χ2v) is 9.89. The van der Waals surface area contributed by atoms with Gasteiger partial charge in [-0.3, -0.25) is 9.59 Å². The number of carboxylic acid groups (broad SMARTS) is 1. The zero-order valence-electron chi connectivity index (χ0n) is 23.2. The molecule has 0 aliphatic carbocycles. The Balaban J connectivity index is 5.31. The van der Waals surface area contributed by atoms with E-state index in [1.165, 1.54) is 19.5 Å². The summed E-state index contributed by atoms with van der Waals surface area (Å²) in [4.78, 5) is 49.8. The van der Waals surface area contributed by atoms with Crippen molar-refractivity contribution in [1.29, 1.82) is 0 Å². The van der Waals surface area contributed by atoms with Crippen molar-refractivity contribution >= 4 is 23.9 Å². The Morgan fingerprint density at radius 2 is 1.57 bits per heavy atom. The first kappa shape index (κ1) is 34.2. The SMILES string of the molecule is C=CCCC(CCCCCCC)OC(=O)N[C@@H](CC(C)C)C(=O)N[C@@H](CC(CC=C)C(=O)NC)C(=O)O. The number of amides is 3. The van der Waals surface area contributed by atoms with Crippen LogP contribution in [0.3, 0.4) is 0 Å². The Kier molecular flexibility index (Phi) is 18.7. The van der Waals surface area contributed by atoms with Gasteiger partial charge in [-0.2, -0.15) is 0 Å². The van der Waals surface area contributed by atoms with Crippen LogP contribution in [0, 0.1) is 11.8 Å². The lowest BCUT2D eigenvalue weighted by Crippen LogP contribution is -2.53. The highest BCUT2D eigenvalue weighted by molar-refractivity contribution is 5.89. The highest BCUT2D eigenvalue weighted by Gasteiger charge is 2.31. The number of carbonyl (C=O) groups excluding carboxylic acids is 3. The number of aliphatic carboxylic acids is 1. The van der Waals surface area contributed by atoms with Crippen LogP contribution in [0.4, 0.5) is 4.79 Å². The fourth-order valence-electron chi connectivity index (χ4n) is 4.07. The molecule has 0 bridgehead atoms. The number of ether oxygens (including phenoxy) is 1. The van der Waals surface area contributed by atoms with Crippen LogP contribution in [0.25, 0.3) is 0 Å². The van der Waals surface area contributed by atoms with Crippen LogP contribution in [0.15, 0.2) is 25.3 Å². The van der Waals surface area contributed by atoms with Crippen LogP contribution in [0.5, 0.6) is 0 Å². The number of unbranched alkanes of at least 4 members (excludes halogenated alkanes) is 4. The topological polar surface area (TPSA) is 134 Å². The first-order chi connectivity index (χ1) is 17.6. The van der Waals surface area contributed by atoms with Gasteiger partial charge in [0.1, 0.15) is 18.2 Å². The molecule has 0 aromatic heterocycles. The molecule has 9 nitrogen and oxygen atoms in total. The molecule has 0 heterocycles. The number of nitrogens with one attached hydrogen (secondary N) is 3. The van der Waals surface area contributed by atoms with Crippen LogP contribution in [0.2, 0.25) is 0 Å². The van der Waals surface area contributed by atoms with Crippen molar-refractivity contribution in [2.45, 2.75) is 110 Å². The van der Waals surface area contributed by atoms with Crippen molar-refractivity contribution in [2.24, 2.45) is 11.8 Å². The molecule has 2 unspecified atom stereocenters. The van der Waals surface area contributed by atoms with Gasteiger partial charge in [-0.15, -0.1) is 13.2 Å². The predicted octanol–water partition coefficient (Wildman–Crippen LogP) is 4.72. The third-order valence-corrected chi connectivity index (χ3v) is 6.11. The Morgan fingerprint density at radius 1 is 0.892 bits per heavy atom. The van der Waals surface area contributed by atoms with E-state index in [1.807, 2.05) is 13.8 Å². The standard InChI is InChI=1S/C28H49N3O6/c1-7-10-12-13-14-17-22(16-11-8-2)37-28(36)31-23(18-20(4)5)26(33)30-24(27(34)35)19-21(15-9-3)25(32)29-6/h8-9,20-24H,2-3,7,10-19H2,1,4-6H3,(H,29,32)(H,30,33)(H,31,36)(H,34,35)/t21?,22?,23-,24-/m0/s1. The number of hydrogen-bond donors (Lipinski definition) is 4. The van der Waals surface area contributed by atoms with Crippen molar-refractivity contribution < 1.29 is 29.0 Å². The molecule has 0 saturated carbocycles. The molecule has 0 radical (unpaired) electrons. The van der Waals surface area contributed by atoms with E-state index in [-0.39, 0.29) is 30.8 Å². The third-order valence-electron chi connectivity index (χ3n) is 6.11. The van der Waals surface area contributed by atoms with E-state index in [9.17, 15) is 24.3 Å². The van der Waals surface area contributed by atoms with Gasteiger partial charge in [0.15, 0.2) is 0 Å². The maximum atomic E-state index is 13.1. The average Bonchev–Trinajstić information content (AvgIpc) is 2.84. The zero-order chi connectivity index (χ0) is 28.2. The zero-order valence-corrected chi connectivity index (χ0v) is 23.2. The summed E-state index contributed by atoms with van der Waals surface area (Å²) in [5.74, 6) is -2.83. The smallest absolute Gasteiger partial charge is 0.408 e. The Bertz CT molecular complexity index is 725. The number of hydrogen-bond acceptors (Lipinski definition) is 5. The van der Waals surface area contributed by atoms with E-state index in [2.05, 4.69) is 36.0 Å². The molecule has 0 spiro atoms. The van der Waals surface area contributed by atoms with Gasteiger partial charge in [0.2, 0.25) is 11.8 Å². The normalized spacial score (nSPS) is 14.1. The van der Waals surface area contributed by atoms with Crippen molar-refractivity contribution in [3.05, 3.63) is 25.3 Å². The minimum absolute atomic E-state index is 0.0499. The molecule has 4 atom stereocenters. The molecule has 0 fully saturated rings. The molecule has 4 N–H and O–H groups in total. The van der Waals surface area contributed by atoms with Crippen molar-refractivity contribution in [1.82, 2.24) is 16.0 Å². The maximum absolute atomic E-state index is 13.1. The van der Waals surface area contributed by atoms with E-state index in [4.69, 9.17) is 4.74 Å². The predicted molar refractivity (Wildman–Crippen MR) is 146 cm³/mol. The summed E-state index contributed by atoms with van der Waals surface area (Å²) in [5.41, 5.74) is 0. The largest absolute Gasteiger partial charge is 0.480 e. The van der Waals surface area contributed by atoms with E-state index < -0.39 is 36.0 Å². The number of rotatable bonds is 21. The summed E-state index contributed by atoms with van der Waals surface area (Å²) in [7, 11) is 1.47. The average molecular weight is 524 g/mol. The Hall–Kier alpha value is -2.84. The summed E-state index contributed by atoms with van der Waals surface area (Å²) in [5, 5.41) is 17.3. The van der Waals surface area contributed by atoms with Gasteiger partial charge in [0.05, 0.1) is 0 Å². The number of carbonyl (C=O) groups is 4. The molecule has 0 saturated heterocycles. The monoisotopic (exact) mass is 523 g/mol. The maximum Gasteiger partial charge on any atom is 0.408 e. The van der Waals surface area contributed by atoms with Crippen molar-refractivity contribution in [2.75, 3.05) is 7.05 Å². The lowest BCUT2D eigenvalue weighted by Gasteiger charge is -2.25. The van der Waals surface area contributed by atoms with Gasteiger partial charge in [0, 0.05) is 13.0 Å². The van der Waals surface area contributed by atoms with Gasteiger partial charge in [-0.05, 0) is 50.9 Å². The number of carboxylic acids is 1. The van der Waals surface area contributed by atoms with E-state index in [0.717, 1.165) is 32.1 Å². The highest BCUT2D eigenvalue weighted by Crippen LogP contribution is 2.16. The first-order valence-corrected chi connectivity index (χ1v) is 13.5. The van der Waals surface area contributed by atoms with Crippen LogP contribution in [0.1, 0.15) is 91.4 Å². The second kappa shape index (κ2) is 20.2. The number of allylic oxidation sites excluding steroid dienone is 2. The molecule has 37 heavy (non-hydrogen) atoms. The van der Waals surface area contributed by atoms with Gasteiger partial charge in [-0.1, -0.05) is 58.6 Å². The summed E-state index contributed by atoms with van der Waals surface area (Å²) < 4.78 is 5.66. The molecule has 212 valence electrons. The number of alkyl carbamates (subject to hydrolysis) is 1. The summed E-state index contributed by atoms with van der Waals surface area (Å²) >= 11 is 0. The lowest BCUT2D eigenvalue weighted by molar-refractivity contribution is -0.143. The van der Waals surface area contributed by atoms with Gasteiger partial charge < -0.3 is 25.8 Å². The summed E-state index contributed by atoms with van der Waals surface area (Å²) in [6.45, 7) is 13.3. The molecule has 0 aliphatic rings. The molecular formula is C28H49N3O6. The Morgan fingerprint density at radius 3 is 2.11 bits per heavy atom. The summed E-state index contributed by atoms with van der Waals surface area (Å²) in [6, 6.07) is -2.28. The lowest BCUT2D eigenvalue weighted by atomic mass is 9.95. The minimum atomic E-state index is -1.30. The minimum Gasteiger partial charge on any atom is -0.480 e. The molecule has 0 aromatic rings. The molecule has 0 rings (SSSR count). The fourth-order valence-corrected chi connectivity index (χ4v) is 4.07. The van der Waals surface area contributed by atoms with E-state index in [0.29, 0.717) is 19.3 Å². The van der Waals surface area contributed by atoms with Crippen LogP contribution in [-0.4, -0.2) is 54.2 Å². The molecule has 9 heteroatoms. The van der Waals surface area contributed by atoms with Crippen molar-refractivity contribution in [3.8, 4) is 0 Å². The third kappa shape index (κ3) is 15.8. The fraction of sp³-hybridized carbons (Fsp3) is 0.714. The molecule has 3 amide bonds. The van der Waals surface area contributed by atoms with Crippen LogP contribution in [-0.2, 0) is 19.1 Å². The van der Waals surface area contributed by atoms with Crippen LogP contribution < -0.4 is 16.0 Å². The Labute approximate surface area is 222 Å². The van der Waals surface area contributed by atoms with E-state index >= 15 is 0 Å². The molecular weight excluding hydrogens is 474 g/mol.